The molecule has 2 aliphatic heterocycles. The molecule has 88 valence electrons. The number of fused-ring (bicyclic) bond motifs is 5. The van der Waals surface area contributed by atoms with Gasteiger partial charge in [-0.15, -0.1) is 0 Å². The van der Waals surface area contributed by atoms with Crippen molar-refractivity contribution in [1.82, 2.24) is 5.32 Å². The summed E-state index contributed by atoms with van der Waals surface area (Å²) in [7, 11) is 0. The zero-order chi connectivity index (χ0) is 11.3. The summed E-state index contributed by atoms with van der Waals surface area (Å²) in [6, 6.07) is 0.00524. The van der Waals surface area contributed by atoms with Gasteiger partial charge in [0.2, 0.25) is 0 Å². The number of amides is 1. The maximum Gasteiger partial charge on any atom is 0.396 e. The van der Waals surface area contributed by atoms with E-state index in [9.17, 15) is 9.59 Å². The molecule has 1 saturated carbocycles. The van der Waals surface area contributed by atoms with E-state index in [4.69, 9.17) is 4.74 Å². The predicted octanol–water partition coefficient (Wildman–Crippen LogP) is -0.159. The summed E-state index contributed by atoms with van der Waals surface area (Å²) in [6.45, 7) is 1.91. The van der Waals surface area contributed by atoms with Crippen molar-refractivity contribution >= 4 is 11.9 Å². The topological polar surface area (TPSA) is 64.6 Å². The minimum absolute atomic E-state index is 0.00524. The number of esters is 1. The molecule has 0 radical (unpaired) electrons. The van der Waals surface area contributed by atoms with Crippen LogP contribution in [0.3, 0.4) is 0 Å². The molecular weight excluding hydrogens is 210 g/mol. The van der Waals surface area contributed by atoms with Gasteiger partial charge in [0.05, 0.1) is 24.9 Å². The van der Waals surface area contributed by atoms with Crippen molar-refractivity contribution in [2.75, 3.05) is 6.61 Å². The van der Waals surface area contributed by atoms with Crippen molar-refractivity contribution in [3.05, 3.63) is 0 Å². The first-order chi connectivity index (χ1) is 7.70. The van der Waals surface area contributed by atoms with Crippen LogP contribution in [-0.2, 0) is 19.1 Å². The van der Waals surface area contributed by atoms with Crippen LogP contribution in [0.1, 0.15) is 19.8 Å². The predicted molar refractivity (Wildman–Crippen MR) is 53.4 cm³/mol. The number of hydrogen-bond donors (Lipinski definition) is 1. The van der Waals surface area contributed by atoms with Gasteiger partial charge in [0, 0.05) is 0 Å². The van der Waals surface area contributed by atoms with Crippen molar-refractivity contribution in [3.63, 3.8) is 0 Å². The molecule has 5 atom stereocenters. The molecular formula is C11H15NO4. The third kappa shape index (κ3) is 1.42. The molecule has 5 nitrogen and oxygen atoms in total. The molecule has 2 bridgehead atoms. The minimum atomic E-state index is -0.794. The number of ether oxygens (including phenoxy) is 2. The Morgan fingerprint density at radius 3 is 2.81 bits per heavy atom. The Morgan fingerprint density at radius 2 is 2.19 bits per heavy atom. The lowest BCUT2D eigenvalue weighted by molar-refractivity contribution is -0.155. The quantitative estimate of drug-likeness (QED) is 0.524. The van der Waals surface area contributed by atoms with Gasteiger partial charge < -0.3 is 14.8 Å². The van der Waals surface area contributed by atoms with E-state index in [1.807, 2.05) is 0 Å². The van der Waals surface area contributed by atoms with Crippen LogP contribution in [0.25, 0.3) is 0 Å². The van der Waals surface area contributed by atoms with Crippen LogP contribution in [0, 0.1) is 11.8 Å². The molecule has 16 heavy (non-hydrogen) atoms. The number of carbonyl (C=O) groups is 2. The van der Waals surface area contributed by atoms with Crippen molar-refractivity contribution in [2.24, 2.45) is 11.8 Å². The second kappa shape index (κ2) is 3.45. The highest BCUT2D eigenvalue weighted by atomic mass is 16.5. The largest absolute Gasteiger partial charge is 0.459 e. The Labute approximate surface area is 93.5 Å². The van der Waals surface area contributed by atoms with Gasteiger partial charge in [0.1, 0.15) is 0 Å². The smallest absolute Gasteiger partial charge is 0.396 e. The Kier molecular flexibility index (Phi) is 2.17. The summed E-state index contributed by atoms with van der Waals surface area (Å²) in [4.78, 5) is 22.6. The zero-order valence-corrected chi connectivity index (χ0v) is 9.14. The lowest BCUT2D eigenvalue weighted by atomic mass is 9.95. The van der Waals surface area contributed by atoms with Gasteiger partial charge in [-0.25, -0.2) is 4.79 Å². The van der Waals surface area contributed by atoms with Crippen LogP contribution in [0.15, 0.2) is 0 Å². The third-order valence-corrected chi connectivity index (χ3v) is 3.78. The first-order valence-electron chi connectivity index (χ1n) is 5.83. The van der Waals surface area contributed by atoms with Crippen molar-refractivity contribution < 1.29 is 19.1 Å². The van der Waals surface area contributed by atoms with Gasteiger partial charge >= 0.3 is 11.9 Å². The van der Waals surface area contributed by atoms with Crippen LogP contribution in [0.5, 0.6) is 0 Å². The van der Waals surface area contributed by atoms with E-state index in [2.05, 4.69) is 10.1 Å². The fourth-order valence-electron chi connectivity index (χ4n) is 3.02. The Hall–Kier alpha value is -1.10. The summed E-state index contributed by atoms with van der Waals surface area (Å²) >= 11 is 0. The maximum atomic E-state index is 11.4. The van der Waals surface area contributed by atoms with Crippen LogP contribution < -0.4 is 5.32 Å². The average molecular weight is 225 g/mol. The number of carbonyl (C=O) groups excluding carboxylic acids is 2. The molecule has 5 heteroatoms. The SMILES string of the molecule is CCOC(=O)C(=O)NC1CC2OC1C1CC21. The van der Waals surface area contributed by atoms with Crippen LogP contribution >= 0.6 is 0 Å². The van der Waals surface area contributed by atoms with Crippen LogP contribution in [0.2, 0.25) is 0 Å². The summed E-state index contributed by atoms with van der Waals surface area (Å²) in [6.07, 6.45) is 2.51. The van der Waals surface area contributed by atoms with Gasteiger partial charge in [-0.1, -0.05) is 0 Å². The van der Waals surface area contributed by atoms with Gasteiger partial charge in [-0.05, 0) is 31.6 Å². The lowest BCUT2D eigenvalue weighted by Gasteiger charge is -2.19. The van der Waals surface area contributed by atoms with E-state index in [1.165, 1.54) is 6.42 Å². The second-order valence-electron chi connectivity index (χ2n) is 4.74. The molecule has 0 aromatic rings. The molecule has 2 heterocycles. The lowest BCUT2D eigenvalue weighted by Crippen LogP contribution is -2.45. The molecule has 1 amide bonds. The fourth-order valence-corrected chi connectivity index (χ4v) is 3.02. The first-order valence-corrected chi connectivity index (χ1v) is 5.83. The van der Waals surface area contributed by atoms with E-state index < -0.39 is 11.9 Å². The monoisotopic (exact) mass is 225 g/mol. The number of nitrogens with one attached hydrogen (secondary N) is 1. The number of rotatable bonds is 2. The minimum Gasteiger partial charge on any atom is -0.459 e. The van der Waals surface area contributed by atoms with E-state index >= 15 is 0 Å². The second-order valence-corrected chi connectivity index (χ2v) is 4.74. The summed E-state index contributed by atoms with van der Waals surface area (Å²) < 4.78 is 10.4. The fraction of sp³-hybridized carbons (Fsp3) is 0.818. The summed E-state index contributed by atoms with van der Waals surface area (Å²) in [5, 5.41) is 2.71. The van der Waals surface area contributed by atoms with Gasteiger partial charge in [0.15, 0.2) is 0 Å². The highest BCUT2D eigenvalue weighted by Gasteiger charge is 2.63. The molecule has 1 N–H and O–H groups in total. The summed E-state index contributed by atoms with van der Waals surface area (Å²) in [5.41, 5.74) is 0. The maximum absolute atomic E-state index is 11.4. The van der Waals surface area contributed by atoms with E-state index in [-0.39, 0.29) is 18.8 Å². The molecule has 1 aliphatic carbocycles. The van der Waals surface area contributed by atoms with Gasteiger partial charge in [-0.2, -0.15) is 0 Å². The molecule has 3 aliphatic rings. The van der Waals surface area contributed by atoms with Crippen molar-refractivity contribution in [3.8, 4) is 0 Å². The van der Waals surface area contributed by atoms with Crippen molar-refractivity contribution in [2.45, 2.75) is 38.0 Å². The zero-order valence-electron chi connectivity index (χ0n) is 9.14. The Balaban J connectivity index is 1.56. The molecule has 5 unspecified atom stereocenters. The first kappa shape index (κ1) is 10.1. The van der Waals surface area contributed by atoms with Crippen LogP contribution in [0.4, 0.5) is 0 Å². The molecule has 2 saturated heterocycles. The molecule has 0 spiro atoms. The van der Waals surface area contributed by atoms with E-state index in [0.29, 0.717) is 12.0 Å². The highest BCUT2D eigenvalue weighted by Crippen LogP contribution is 2.58. The van der Waals surface area contributed by atoms with Crippen molar-refractivity contribution in [1.29, 1.82) is 0 Å². The molecule has 0 aromatic carbocycles. The van der Waals surface area contributed by atoms with E-state index in [1.54, 1.807) is 6.92 Å². The molecule has 0 aromatic heterocycles. The van der Waals surface area contributed by atoms with Gasteiger partial charge in [-0.3, -0.25) is 4.79 Å². The summed E-state index contributed by atoms with van der Waals surface area (Å²) in [5.74, 6) is -0.0928. The molecule has 3 rings (SSSR count). The van der Waals surface area contributed by atoms with Crippen LogP contribution in [-0.4, -0.2) is 36.7 Å². The standard InChI is InChI=1S/C11H15NO4/c1-2-15-11(14)10(13)12-7-4-8-5-3-6(5)9(7)16-8/h5-9H,2-4H2,1H3,(H,12,13). The Bertz CT molecular complexity index is 343. The van der Waals surface area contributed by atoms with E-state index in [0.717, 1.165) is 12.3 Å². The normalized spacial score (nSPS) is 42.7. The van der Waals surface area contributed by atoms with Gasteiger partial charge in [0.25, 0.3) is 0 Å². The number of hydrogen-bond acceptors (Lipinski definition) is 4. The highest BCUT2D eigenvalue weighted by molar-refractivity contribution is 6.32. The third-order valence-electron chi connectivity index (χ3n) is 3.78. The molecule has 3 fully saturated rings. The average Bonchev–Trinajstić information content (AvgIpc) is 2.87. The Morgan fingerprint density at radius 1 is 1.38 bits per heavy atom.